The van der Waals surface area contributed by atoms with Crippen molar-refractivity contribution in [2.75, 3.05) is 6.54 Å². The molecule has 1 aliphatic carbocycles. The zero-order valence-corrected chi connectivity index (χ0v) is 9.66. The van der Waals surface area contributed by atoms with E-state index in [1.807, 2.05) is 0 Å². The molecule has 0 spiro atoms. The summed E-state index contributed by atoms with van der Waals surface area (Å²) in [6.45, 7) is 2.43. The predicted molar refractivity (Wildman–Crippen MR) is 61.0 cm³/mol. The second-order valence-corrected chi connectivity index (χ2v) is 4.42. The number of carboxylic acid groups (broad SMARTS) is 1. The van der Waals surface area contributed by atoms with Gasteiger partial charge in [0.15, 0.2) is 0 Å². The second kappa shape index (κ2) is 6.30. The van der Waals surface area contributed by atoms with E-state index in [0.717, 1.165) is 31.6 Å². The molecule has 0 atom stereocenters. The molecule has 0 aromatic heterocycles. The molecule has 0 aromatic rings. The molecule has 2 N–H and O–H groups in total. The highest BCUT2D eigenvalue weighted by atomic mass is 16.4. The summed E-state index contributed by atoms with van der Waals surface area (Å²) < 4.78 is 0. The molecule has 1 amide bonds. The van der Waals surface area contributed by atoms with E-state index >= 15 is 0 Å². The Bertz CT molecular complexity index is 287. The minimum Gasteiger partial charge on any atom is -0.481 e. The fraction of sp³-hybridized carbons (Fsp3) is 0.667. The SMILES string of the molecule is CC1CCC(=CC(=O)NCCC(=O)O)CC1. The lowest BCUT2D eigenvalue weighted by Gasteiger charge is -2.19. The summed E-state index contributed by atoms with van der Waals surface area (Å²) in [6, 6.07) is 0. The molecule has 1 rings (SSSR count). The number of carboxylic acids is 1. The average Bonchev–Trinajstić information content (AvgIpc) is 2.21. The van der Waals surface area contributed by atoms with E-state index in [1.54, 1.807) is 6.08 Å². The summed E-state index contributed by atoms with van der Waals surface area (Å²) in [4.78, 5) is 21.6. The molecule has 0 saturated heterocycles. The van der Waals surface area contributed by atoms with Gasteiger partial charge in [0.1, 0.15) is 0 Å². The third kappa shape index (κ3) is 4.96. The van der Waals surface area contributed by atoms with Crippen LogP contribution in [-0.2, 0) is 9.59 Å². The topological polar surface area (TPSA) is 66.4 Å². The van der Waals surface area contributed by atoms with Crippen LogP contribution in [0.5, 0.6) is 0 Å². The number of hydrogen-bond donors (Lipinski definition) is 2. The molecule has 1 saturated carbocycles. The Morgan fingerprint density at radius 3 is 2.62 bits per heavy atom. The number of nitrogens with one attached hydrogen (secondary N) is 1. The fourth-order valence-electron chi connectivity index (χ4n) is 1.81. The van der Waals surface area contributed by atoms with Crippen LogP contribution in [0.1, 0.15) is 39.0 Å². The highest BCUT2D eigenvalue weighted by Gasteiger charge is 2.13. The first-order chi connectivity index (χ1) is 7.58. The van der Waals surface area contributed by atoms with E-state index in [2.05, 4.69) is 12.2 Å². The molecular weight excluding hydrogens is 206 g/mol. The minimum atomic E-state index is -0.889. The molecule has 0 aromatic carbocycles. The van der Waals surface area contributed by atoms with Crippen LogP contribution in [0.15, 0.2) is 11.6 Å². The van der Waals surface area contributed by atoms with Gasteiger partial charge in [0.05, 0.1) is 6.42 Å². The van der Waals surface area contributed by atoms with Crippen LogP contribution in [0.4, 0.5) is 0 Å². The van der Waals surface area contributed by atoms with Crippen molar-refractivity contribution in [2.45, 2.75) is 39.0 Å². The minimum absolute atomic E-state index is 0.0219. The monoisotopic (exact) mass is 225 g/mol. The van der Waals surface area contributed by atoms with Crippen molar-refractivity contribution in [3.63, 3.8) is 0 Å². The lowest BCUT2D eigenvalue weighted by molar-refractivity contribution is -0.136. The zero-order chi connectivity index (χ0) is 12.0. The van der Waals surface area contributed by atoms with Gasteiger partial charge >= 0.3 is 5.97 Å². The van der Waals surface area contributed by atoms with Gasteiger partial charge in [-0.05, 0) is 31.6 Å². The quantitative estimate of drug-likeness (QED) is 0.716. The van der Waals surface area contributed by atoms with Crippen molar-refractivity contribution in [2.24, 2.45) is 5.92 Å². The number of amides is 1. The standard InChI is InChI=1S/C12H19NO3/c1-9-2-4-10(5-3-9)8-11(14)13-7-6-12(15)16/h8-9H,2-7H2,1H3,(H,13,14)(H,15,16). The van der Waals surface area contributed by atoms with Crippen LogP contribution in [0.25, 0.3) is 0 Å². The Labute approximate surface area is 95.7 Å². The lowest BCUT2D eigenvalue weighted by atomic mass is 9.87. The number of carbonyl (C=O) groups is 2. The van der Waals surface area contributed by atoms with Crippen LogP contribution < -0.4 is 5.32 Å². The molecule has 0 heterocycles. The Kier molecular flexibility index (Phi) is 5.02. The summed E-state index contributed by atoms with van der Waals surface area (Å²) in [5.41, 5.74) is 1.19. The zero-order valence-electron chi connectivity index (χ0n) is 9.66. The molecule has 4 nitrogen and oxygen atoms in total. The molecule has 1 aliphatic rings. The largest absolute Gasteiger partial charge is 0.481 e. The fourth-order valence-corrected chi connectivity index (χ4v) is 1.81. The normalized spacial score (nSPS) is 20.3. The molecule has 16 heavy (non-hydrogen) atoms. The molecule has 0 aliphatic heterocycles. The number of carbonyl (C=O) groups excluding carboxylic acids is 1. The van der Waals surface area contributed by atoms with Gasteiger partial charge in [0.25, 0.3) is 0 Å². The van der Waals surface area contributed by atoms with Gasteiger partial charge in [-0.15, -0.1) is 0 Å². The van der Waals surface area contributed by atoms with E-state index < -0.39 is 5.97 Å². The smallest absolute Gasteiger partial charge is 0.305 e. The number of aliphatic carboxylic acids is 1. The number of allylic oxidation sites excluding steroid dienone is 1. The Balaban J connectivity index is 2.27. The van der Waals surface area contributed by atoms with Crippen LogP contribution in [-0.4, -0.2) is 23.5 Å². The lowest BCUT2D eigenvalue weighted by Crippen LogP contribution is -2.24. The maximum absolute atomic E-state index is 11.4. The first-order valence-electron chi connectivity index (χ1n) is 5.77. The summed E-state index contributed by atoms with van der Waals surface area (Å²) in [5, 5.41) is 11.0. The first kappa shape index (κ1) is 12.7. The van der Waals surface area contributed by atoms with Gasteiger partial charge in [-0.25, -0.2) is 0 Å². The van der Waals surface area contributed by atoms with Crippen molar-refractivity contribution in [3.05, 3.63) is 11.6 Å². The number of rotatable bonds is 4. The van der Waals surface area contributed by atoms with Crippen molar-refractivity contribution in [1.29, 1.82) is 0 Å². The molecule has 1 fully saturated rings. The molecule has 4 heteroatoms. The molecule has 0 bridgehead atoms. The second-order valence-electron chi connectivity index (χ2n) is 4.42. The summed E-state index contributed by atoms with van der Waals surface area (Å²) >= 11 is 0. The maximum atomic E-state index is 11.4. The van der Waals surface area contributed by atoms with E-state index in [0.29, 0.717) is 0 Å². The molecule has 90 valence electrons. The maximum Gasteiger partial charge on any atom is 0.305 e. The molecule has 0 unspecified atom stereocenters. The van der Waals surface area contributed by atoms with Gasteiger partial charge in [0.2, 0.25) is 5.91 Å². The molecule has 0 radical (unpaired) electrons. The van der Waals surface area contributed by atoms with E-state index in [4.69, 9.17) is 5.11 Å². The predicted octanol–water partition coefficient (Wildman–Crippen LogP) is 1.71. The number of hydrogen-bond acceptors (Lipinski definition) is 2. The van der Waals surface area contributed by atoms with Gasteiger partial charge in [-0.2, -0.15) is 0 Å². The highest BCUT2D eigenvalue weighted by Crippen LogP contribution is 2.27. The first-order valence-corrected chi connectivity index (χ1v) is 5.77. The van der Waals surface area contributed by atoms with Crippen LogP contribution in [0.2, 0.25) is 0 Å². The van der Waals surface area contributed by atoms with Gasteiger partial charge < -0.3 is 10.4 Å². The van der Waals surface area contributed by atoms with E-state index in [1.165, 1.54) is 5.57 Å². The van der Waals surface area contributed by atoms with Crippen molar-refractivity contribution >= 4 is 11.9 Å². The summed E-state index contributed by atoms with van der Waals surface area (Å²) in [5.74, 6) is -0.294. The third-order valence-electron chi connectivity index (χ3n) is 2.89. The van der Waals surface area contributed by atoms with Crippen molar-refractivity contribution in [1.82, 2.24) is 5.32 Å². The van der Waals surface area contributed by atoms with Gasteiger partial charge in [-0.3, -0.25) is 9.59 Å². The van der Waals surface area contributed by atoms with Gasteiger partial charge in [-0.1, -0.05) is 12.5 Å². The average molecular weight is 225 g/mol. The third-order valence-corrected chi connectivity index (χ3v) is 2.89. The van der Waals surface area contributed by atoms with Crippen molar-refractivity contribution < 1.29 is 14.7 Å². The van der Waals surface area contributed by atoms with Crippen LogP contribution in [0, 0.1) is 5.92 Å². The summed E-state index contributed by atoms with van der Waals surface area (Å²) in [6.07, 6.45) is 5.89. The van der Waals surface area contributed by atoms with E-state index in [9.17, 15) is 9.59 Å². The highest BCUT2D eigenvalue weighted by molar-refractivity contribution is 5.88. The van der Waals surface area contributed by atoms with Crippen LogP contribution in [0.3, 0.4) is 0 Å². The van der Waals surface area contributed by atoms with E-state index in [-0.39, 0.29) is 18.9 Å². The van der Waals surface area contributed by atoms with Crippen molar-refractivity contribution in [3.8, 4) is 0 Å². The Morgan fingerprint density at radius 2 is 2.06 bits per heavy atom. The Hall–Kier alpha value is -1.32. The van der Waals surface area contributed by atoms with Gasteiger partial charge in [0, 0.05) is 12.6 Å². The Morgan fingerprint density at radius 1 is 1.44 bits per heavy atom. The summed E-state index contributed by atoms with van der Waals surface area (Å²) in [7, 11) is 0. The van der Waals surface area contributed by atoms with Crippen LogP contribution >= 0.6 is 0 Å². The molecular formula is C12H19NO3.